The van der Waals surface area contributed by atoms with Gasteiger partial charge >= 0.3 is 0 Å². The fourth-order valence-electron chi connectivity index (χ4n) is 3.17. The number of rotatable bonds is 5. The minimum atomic E-state index is -3.76. The zero-order valence-corrected chi connectivity index (χ0v) is 16.6. The van der Waals surface area contributed by atoms with Crippen molar-refractivity contribution in [1.82, 2.24) is 4.90 Å². The fraction of sp³-hybridized carbons (Fsp3) is 0.238. The van der Waals surface area contributed by atoms with Gasteiger partial charge in [0.25, 0.3) is 0 Å². The average Bonchev–Trinajstić information content (AvgIpc) is 2.72. The van der Waals surface area contributed by atoms with E-state index in [1.54, 1.807) is 17.1 Å². The van der Waals surface area contributed by atoms with Crippen molar-refractivity contribution < 1.29 is 18.0 Å². The highest BCUT2D eigenvalue weighted by Crippen LogP contribution is 2.21. The quantitative estimate of drug-likeness (QED) is 0.733. The molecule has 2 aromatic carbocycles. The normalized spacial score (nSPS) is 15.4. The number of anilines is 1. The summed E-state index contributed by atoms with van der Waals surface area (Å²) in [6.45, 7) is 1.03. The maximum atomic E-state index is 12.5. The summed E-state index contributed by atoms with van der Waals surface area (Å²) in [6.07, 6.45) is 4.49. The van der Waals surface area contributed by atoms with Crippen LogP contribution in [-0.4, -0.2) is 38.2 Å². The summed E-state index contributed by atoms with van der Waals surface area (Å²) in [4.78, 5) is 26.5. The van der Waals surface area contributed by atoms with Gasteiger partial charge in [-0.2, -0.15) is 0 Å². The number of nitrogens with zero attached hydrogens (tertiary/aromatic N) is 1. The van der Waals surface area contributed by atoms with E-state index in [1.165, 1.54) is 24.3 Å². The molecule has 0 aromatic heterocycles. The Morgan fingerprint density at radius 3 is 2.21 bits per heavy atom. The number of likely N-dealkylation sites (tertiary alicyclic amines) is 1. The number of primary sulfonamides is 1. The Hall–Kier alpha value is -2.97. The standard InChI is InChI=1S/C21H23N3O4S/c22-29(27,28)19-9-7-18(8-10-19)23-21(26)17-12-14-24(15-13-17)20(25)11-6-16-4-2-1-3-5-16/h1-11,17H,12-15H2,(H,23,26)(H2,22,27,28). The van der Waals surface area contributed by atoms with Gasteiger partial charge in [-0.1, -0.05) is 30.3 Å². The van der Waals surface area contributed by atoms with Gasteiger partial charge in [-0.05, 0) is 48.7 Å². The molecule has 0 aliphatic carbocycles. The van der Waals surface area contributed by atoms with E-state index in [0.717, 1.165) is 5.56 Å². The van der Waals surface area contributed by atoms with Crippen molar-refractivity contribution in [2.24, 2.45) is 11.1 Å². The average molecular weight is 413 g/mol. The number of benzene rings is 2. The van der Waals surface area contributed by atoms with Crippen molar-refractivity contribution in [3.8, 4) is 0 Å². The van der Waals surface area contributed by atoms with E-state index in [1.807, 2.05) is 30.3 Å². The first-order valence-corrected chi connectivity index (χ1v) is 10.8. The summed E-state index contributed by atoms with van der Waals surface area (Å²) in [6, 6.07) is 15.3. The van der Waals surface area contributed by atoms with Crippen molar-refractivity contribution in [3.63, 3.8) is 0 Å². The number of carbonyl (C=O) groups excluding carboxylic acids is 2. The van der Waals surface area contributed by atoms with Crippen LogP contribution in [-0.2, 0) is 19.6 Å². The topological polar surface area (TPSA) is 110 Å². The van der Waals surface area contributed by atoms with Crippen molar-refractivity contribution in [2.45, 2.75) is 17.7 Å². The van der Waals surface area contributed by atoms with Crippen LogP contribution in [0.25, 0.3) is 6.08 Å². The zero-order valence-electron chi connectivity index (χ0n) is 15.8. The summed E-state index contributed by atoms with van der Waals surface area (Å²) in [5, 5.41) is 7.85. The van der Waals surface area contributed by atoms with Crippen molar-refractivity contribution in [2.75, 3.05) is 18.4 Å². The van der Waals surface area contributed by atoms with E-state index in [0.29, 0.717) is 31.6 Å². The Bertz CT molecular complexity index is 994. The van der Waals surface area contributed by atoms with Crippen molar-refractivity contribution >= 4 is 33.6 Å². The predicted molar refractivity (Wildman–Crippen MR) is 111 cm³/mol. The van der Waals surface area contributed by atoms with Crippen LogP contribution in [0.4, 0.5) is 5.69 Å². The van der Waals surface area contributed by atoms with Crippen molar-refractivity contribution in [3.05, 3.63) is 66.2 Å². The van der Waals surface area contributed by atoms with Gasteiger partial charge in [-0.3, -0.25) is 9.59 Å². The van der Waals surface area contributed by atoms with E-state index in [4.69, 9.17) is 5.14 Å². The molecular weight excluding hydrogens is 390 g/mol. The van der Waals surface area contributed by atoms with E-state index in [2.05, 4.69) is 5.32 Å². The van der Waals surface area contributed by atoms with E-state index in [9.17, 15) is 18.0 Å². The summed E-state index contributed by atoms with van der Waals surface area (Å²) in [5.41, 5.74) is 1.47. The van der Waals surface area contributed by atoms with Gasteiger partial charge in [-0.15, -0.1) is 0 Å². The number of amides is 2. The van der Waals surface area contributed by atoms with Gasteiger partial charge in [0.05, 0.1) is 4.90 Å². The number of nitrogens with two attached hydrogens (primary N) is 1. The van der Waals surface area contributed by atoms with Crippen LogP contribution < -0.4 is 10.5 Å². The van der Waals surface area contributed by atoms with Crippen LogP contribution in [0.1, 0.15) is 18.4 Å². The number of hydrogen-bond acceptors (Lipinski definition) is 4. The van der Waals surface area contributed by atoms with Crippen LogP contribution in [0.5, 0.6) is 0 Å². The molecule has 152 valence electrons. The lowest BCUT2D eigenvalue weighted by atomic mass is 9.95. The number of carbonyl (C=O) groups is 2. The first-order chi connectivity index (χ1) is 13.8. The van der Waals surface area contributed by atoms with Crippen molar-refractivity contribution in [1.29, 1.82) is 0 Å². The Kier molecular flexibility index (Phi) is 6.46. The molecule has 0 bridgehead atoms. The van der Waals surface area contributed by atoms with Gasteiger partial charge in [0, 0.05) is 30.8 Å². The molecule has 1 heterocycles. The number of nitrogens with one attached hydrogen (secondary N) is 1. The highest BCUT2D eigenvalue weighted by atomic mass is 32.2. The molecule has 1 aliphatic heterocycles. The van der Waals surface area contributed by atoms with Gasteiger partial charge in [0.1, 0.15) is 0 Å². The third-order valence-corrected chi connectivity index (χ3v) is 5.77. The second-order valence-electron chi connectivity index (χ2n) is 6.90. The summed E-state index contributed by atoms with van der Waals surface area (Å²) in [7, 11) is -3.76. The summed E-state index contributed by atoms with van der Waals surface area (Å²) >= 11 is 0. The van der Waals surface area contributed by atoms with Gasteiger partial charge in [-0.25, -0.2) is 13.6 Å². The summed E-state index contributed by atoms with van der Waals surface area (Å²) < 4.78 is 22.6. The SMILES string of the molecule is NS(=O)(=O)c1ccc(NC(=O)C2CCN(C(=O)C=Cc3ccccc3)CC2)cc1. The Morgan fingerprint density at radius 2 is 1.62 bits per heavy atom. The Morgan fingerprint density at radius 1 is 1.00 bits per heavy atom. The molecule has 8 heteroatoms. The van der Waals surface area contributed by atoms with Gasteiger partial charge in [0.15, 0.2) is 0 Å². The maximum Gasteiger partial charge on any atom is 0.246 e. The highest BCUT2D eigenvalue weighted by molar-refractivity contribution is 7.89. The lowest BCUT2D eigenvalue weighted by Gasteiger charge is -2.30. The fourth-order valence-corrected chi connectivity index (χ4v) is 3.69. The molecule has 2 amide bonds. The van der Waals surface area contributed by atoms with Gasteiger partial charge < -0.3 is 10.2 Å². The molecular formula is C21H23N3O4S. The Balaban J connectivity index is 1.50. The molecule has 0 radical (unpaired) electrons. The molecule has 1 saturated heterocycles. The molecule has 0 unspecified atom stereocenters. The van der Waals surface area contributed by atoms with E-state index in [-0.39, 0.29) is 22.6 Å². The van der Waals surface area contributed by atoms with E-state index >= 15 is 0 Å². The van der Waals surface area contributed by atoms with Crippen LogP contribution in [0.2, 0.25) is 0 Å². The third-order valence-electron chi connectivity index (χ3n) is 4.85. The second-order valence-corrected chi connectivity index (χ2v) is 8.46. The zero-order chi connectivity index (χ0) is 20.9. The minimum Gasteiger partial charge on any atom is -0.339 e. The van der Waals surface area contributed by atoms with Crippen LogP contribution in [0.3, 0.4) is 0 Å². The smallest absolute Gasteiger partial charge is 0.246 e. The number of piperidine rings is 1. The van der Waals surface area contributed by atoms with Gasteiger partial charge in [0.2, 0.25) is 21.8 Å². The molecule has 0 atom stereocenters. The maximum absolute atomic E-state index is 12.5. The lowest BCUT2D eigenvalue weighted by Crippen LogP contribution is -2.40. The van der Waals surface area contributed by atoms with Crippen LogP contribution in [0.15, 0.2) is 65.6 Å². The molecule has 29 heavy (non-hydrogen) atoms. The second kappa shape index (κ2) is 9.02. The monoisotopic (exact) mass is 413 g/mol. The summed E-state index contributed by atoms with van der Waals surface area (Å²) in [5.74, 6) is -0.401. The molecule has 3 N–H and O–H groups in total. The highest BCUT2D eigenvalue weighted by Gasteiger charge is 2.26. The lowest BCUT2D eigenvalue weighted by molar-refractivity contribution is -0.130. The van der Waals surface area contributed by atoms with E-state index < -0.39 is 10.0 Å². The number of sulfonamides is 1. The molecule has 7 nitrogen and oxygen atoms in total. The molecule has 1 fully saturated rings. The molecule has 1 aliphatic rings. The predicted octanol–water partition coefficient (Wildman–Crippen LogP) is 2.22. The third kappa shape index (κ3) is 5.75. The number of hydrogen-bond donors (Lipinski definition) is 2. The largest absolute Gasteiger partial charge is 0.339 e. The molecule has 3 rings (SSSR count). The Labute approximate surface area is 170 Å². The molecule has 0 spiro atoms. The first-order valence-electron chi connectivity index (χ1n) is 9.29. The first kappa shape index (κ1) is 20.8. The van der Waals surface area contributed by atoms with Crippen LogP contribution in [0, 0.1) is 5.92 Å². The van der Waals surface area contributed by atoms with Crippen LogP contribution >= 0.6 is 0 Å². The minimum absolute atomic E-state index is 0.00845. The molecule has 2 aromatic rings. The molecule has 0 saturated carbocycles.